The summed E-state index contributed by atoms with van der Waals surface area (Å²) in [6, 6.07) is 0. The molecule has 19 heavy (non-hydrogen) atoms. The zero-order chi connectivity index (χ0) is 14.6. The summed E-state index contributed by atoms with van der Waals surface area (Å²) in [4.78, 5) is 11.9. The number of rotatable bonds is 1. The van der Waals surface area contributed by atoms with E-state index in [1.807, 2.05) is 0 Å². The molecule has 1 rings (SSSR count). The van der Waals surface area contributed by atoms with Crippen LogP contribution in [-0.4, -0.2) is 29.9 Å². The summed E-state index contributed by atoms with van der Waals surface area (Å²) < 4.78 is 4.89. The van der Waals surface area contributed by atoms with E-state index in [1.54, 1.807) is 0 Å². The van der Waals surface area contributed by atoms with Crippen molar-refractivity contribution in [1.82, 2.24) is 5.32 Å². The summed E-state index contributed by atoms with van der Waals surface area (Å²) in [7, 11) is 2.24. The molecule has 4 heteroatoms. The maximum absolute atomic E-state index is 11.9. The lowest BCUT2D eigenvalue weighted by molar-refractivity contribution is -0.135. The van der Waals surface area contributed by atoms with E-state index in [4.69, 9.17) is 4.74 Å². The Labute approximate surface area is 119 Å². The Hall–Kier alpha value is -1.03. The fourth-order valence-corrected chi connectivity index (χ4v) is 3.48. The number of carbonyl (C=O) groups is 1. The number of methoxy groups -OCH3 is 1. The first-order valence-corrected chi connectivity index (χ1v) is 7.98. The molecular formula is C15H27NO2Si. The standard InChI is InChI=1S/C15H27NO2Si/c1-10-6-7-11(15(2,3)4)8-9-16-13(19)12(10)14(17)18-5/h11,16H,1,6-9H2,2-5,19H3. The lowest BCUT2D eigenvalue weighted by Crippen LogP contribution is -2.25. The molecule has 1 heterocycles. The third kappa shape index (κ3) is 4.23. The second-order valence-corrected chi connectivity index (χ2v) is 7.41. The topological polar surface area (TPSA) is 38.3 Å². The summed E-state index contributed by atoms with van der Waals surface area (Å²) in [5.74, 6) is 0.389. The van der Waals surface area contributed by atoms with E-state index < -0.39 is 0 Å². The second-order valence-electron chi connectivity index (χ2n) is 6.41. The monoisotopic (exact) mass is 281 g/mol. The molecule has 0 fully saturated rings. The Bertz CT molecular complexity index is 393. The summed E-state index contributed by atoms with van der Waals surface area (Å²) in [6.45, 7) is 11.9. The van der Waals surface area contributed by atoms with Crippen LogP contribution >= 0.6 is 0 Å². The quantitative estimate of drug-likeness (QED) is 0.587. The lowest BCUT2D eigenvalue weighted by atomic mass is 9.75. The van der Waals surface area contributed by atoms with Gasteiger partial charge in [-0.1, -0.05) is 27.4 Å². The van der Waals surface area contributed by atoms with Gasteiger partial charge in [0, 0.05) is 6.54 Å². The first-order chi connectivity index (χ1) is 8.77. The Morgan fingerprint density at radius 3 is 2.58 bits per heavy atom. The van der Waals surface area contributed by atoms with Crippen molar-refractivity contribution in [3.8, 4) is 0 Å². The Morgan fingerprint density at radius 1 is 1.42 bits per heavy atom. The van der Waals surface area contributed by atoms with E-state index in [0.717, 1.165) is 46.9 Å². The smallest absolute Gasteiger partial charge is 0.339 e. The van der Waals surface area contributed by atoms with Crippen molar-refractivity contribution >= 4 is 16.2 Å². The average molecular weight is 281 g/mol. The van der Waals surface area contributed by atoms with E-state index in [1.165, 1.54) is 7.11 Å². The van der Waals surface area contributed by atoms with Gasteiger partial charge in [0.25, 0.3) is 0 Å². The van der Waals surface area contributed by atoms with Crippen molar-refractivity contribution in [1.29, 1.82) is 0 Å². The molecular weight excluding hydrogens is 254 g/mol. The average Bonchev–Trinajstić information content (AvgIpc) is 2.37. The predicted octanol–water partition coefficient (Wildman–Crippen LogP) is 1.73. The van der Waals surface area contributed by atoms with Crippen LogP contribution in [0.3, 0.4) is 0 Å². The summed E-state index contributed by atoms with van der Waals surface area (Å²) in [5, 5.41) is 4.42. The first-order valence-electron chi connectivity index (χ1n) is 6.98. The van der Waals surface area contributed by atoms with Crippen molar-refractivity contribution in [2.45, 2.75) is 40.0 Å². The van der Waals surface area contributed by atoms with Gasteiger partial charge in [-0.15, -0.1) is 0 Å². The Kier molecular flexibility index (Phi) is 5.41. The maximum Gasteiger partial charge on any atom is 0.339 e. The molecule has 0 saturated carbocycles. The van der Waals surface area contributed by atoms with E-state index in [9.17, 15) is 4.79 Å². The summed E-state index contributed by atoms with van der Waals surface area (Å²) >= 11 is 0. The number of hydrogen-bond acceptors (Lipinski definition) is 3. The molecule has 1 aliphatic heterocycles. The maximum atomic E-state index is 11.9. The van der Waals surface area contributed by atoms with Crippen LogP contribution in [0.5, 0.6) is 0 Å². The molecule has 0 aromatic rings. The van der Waals surface area contributed by atoms with Crippen LogP contribution < -0.4 is 5.32 Å². The van der Waals surface area contributed by atoms with Crippen LogP contribution in [0.4, 0.5) is 0 Å². The van der Waals surface area contributed by atoms with E-state index in [2.05, 4.69) is 32.7 Å². The van der Waals surface area contributed by atoms with Crippen molar-refractivity contribution in [3.63, 3.8) is 0 Å². The van der Waals surface area contributed by atoms with Gasteiger partial charge in [0.2, 0.25) is 0 Å². The third-order valence-electron chi connectivity index (χ3n) is 4.02. The minimum absolute atomic E-state index is 0.253. The van der Waals surface area contributed by atoms with Crippen LogP contribution in [0.25, 0.3) is 0 Å². The molecule has 0 aromatic carbocycles. The predicted molar refractivity (Wildman–Crippen MR) is 82.9 cm³/mol. The normalized spacial score (nSPS) is 22.3. The number of hydrogen-bond donors (Lipinski definition) is 1. The largest absolute Gasteiger partial charge is 0.465 e. The molecule has 0 aliphatic carbocycles. The van der Waals surface area contributed by atoms with Gasteiger partial charge in [0.1, 0.15) is 0 Å². The minimum atomic E-state index is -0.253. The minimum Gasteiger partial charge on any atom is -0.465 e. The van der Waals surface area contributed by atoms with Gasteiger partial charge in [-0.25, -0.2) is 4.79 Å². The highest BCUT2D eigenvalue weighted by Crippen LogP contribution is 2.35. The van der Waals surface area contributed by atoms with Crippen molar-refractivity contribution in [2.24, 2.45) is 11.3 Å². The van der Waals surface area contributed by atoms with Crippen molar-refractivity contribution < 1.29 is 9.53 Å². The molecule has 1 atom stereocenters. The molecule has 0 bridgehead atoms. The fraction of sp³-hybridized carbons (Fsp3) is 0.667. The van der Waals surface area contributed by atoms with E-state index >= 15 is 0 Å². The van der Waals surface area contributed by atoms with Crippen molar-refractivity contribution in [3.05, 3.63) is 23.0 Å². The number of nitrogens with one attached hydrogen (secondary N) is 1. The van der Waals surface area contributed by atoms with E-state index in [0.29, 0.717) is 16.9 Å². The van der Waals surface area contributed by atoms with E-state index in [-0.39, 0.29) is 5.97 Å². The SMILES string of the molecule is C=C1CCC(C(C)(C)C)CCNC([SiH3])=C1C(=O)OC. The molecule has 108 valence electrons. The number of ether oxygens (including phenoxy) is 1. The van der Waals surface area contributed by atoms with Crippen LogP contribution in [0.2, 0.25) is 0 Å². The van der Waals surface area contributed by atoms with Crippen LogP contribution in [-0.2, 0) is 9.53 Å². The van der Waals surface area contributed by atoms with Gasteiger partial charge < -0.3 is 10.1 Å². The zero-order valence-electron chi connectivity index (χ0n) is 12.9. The van der Waals surface area contributed by atoms with Crippen molar-refractivity contribution in [2.75, 3.05) is 13.7 Å². The molecule has 0 saturated heterocycles. The molecule has 0 aromatic heterocycles. The van der Waals surface area contributed by atoms with Crippen LogP contribution in [0, 0.1) is 11.3 Å². The fourth-order valence-electron chi connectivity index (χ4n) is 2.67. The lowest BCUT2D eigenvalue weighted by Gasteiger charge is -2.30. The molecule has 0 amide bonds. The molecule has 1 unspecified atom stereocenters. The van der Waals surface area contributed by atoms with Gasteiger partial charge in [-0.3, -0.25) is 0 Å². The first kappa shape index (κ1) is 16.0. The molecule has 3 nitrogen and oxygen atoms in total. The Morgan fingerprint density at radius 2 is 2.05 bits per heavy atom. The zero-order valence-corrected chi connectivity index (χ0v) is 14.9. The van der Waals surface area contributed by atoms with Gasteiger partial charge in [0.15, 0.2) is 0 Å². The highest BCUT2D eigenvalue weighted by molar-refractivity contribution is 6.24. The molecule has 0 spiro atoms. The highest BCUT2D eigenvalue weighted by atomic mass is 28.1. The van der Waals surface area contributed by atoms with Gasteiger partial charge in [-0.2, -0.15) is 0 Å². The highest BCUT2D eigenvalue weighted by Gasteiger charge is 2.27. The van der Waals surface area contributed by atoms with Gasteiger partial charge in [0.05, 0.1) is 22.9 Å². The van der Waals surface area contributed by atoms with Gasteiger partial charge >= 0.3 is 5.97 Å². The molecule has 1 N–H and O–H groups in total. The van der Waals surface area contributed by atoms with Gasteiger partial charge in [-0.05, 0) is 41.5 Å². The summed E-state index contributed by atoms with van der Waals surface area (Å²) in [6.07, 6.45) is 3.09. The Balaban J connectivity index is 2.93. The molecule has 0 radical (unpaired) electrons. The van der Waals surface area contributed by atoms with Crippen LogP contribution in [0.15, 0.2) is 23.0 Å². The second kappa shape index (κ2) is 6.42. The number of carbonyl (C=O) groups excluding carboxylic acids is 1. The third-order valence-corrected chi connectivity index (χ3v) is 4.87. The number of esters is 1. The molecule has 1 aliphatic rings. The summed E-state index contributed by atoms with van der Waals surface area (Å²) in [5.41, 5.74) is 1.90. The van der Waals surface area contributed by atoms with Crippen LogP contribution in [0.1, 0.15) is 40.0 Å².